The largest absolute Gasteiger partial charge is 0.508 e. The molecule has 0 radical (unpaired) electrons. The van der Waals surface area contributed by atoms with Gasteiger partial charge in [-0.05, 0) is 25.1 Å². The molecule has 17 heavy (non-hydrogen) atoms. The van der Waals surface area contributed by atoms with Crippen molar-refractivity contribution in [3.8, 4) is 11.5 Å². The molecule has 0 amide bonds. The number of phenols is 1. The summed E-state index contributed by atoms with van der Waals surface area (Å²) in [6.07, 6.45) is 0. The maximum Gasteiger partial charge on any atom is 0.319 e. The summed E-state index contributed by atoms with van der Waals surface area (Å²) in [5.74, 6) is 0.472. The molecule has 0 spiro atoms. The molecule has 0 aliphatic rings. The Morgan fingerprint density at radius 2 is 2.18 bits per heavy atom. The maximum absolute atomic E-state index is 11.0. The van der Waals surface area contributed by atoms with Crippen LogP contribution in [0.4, 0.5) is 0 Å². The number of ether oxygens (including phenoxy) is 2. The molecule has 0 aliphatic heterocycles. The van der Waals surface area contributed by atoms with Crippen molar-refractivity contribution in [2.45, 2.75) is 13.0 Å². The van der Waals surface area contributed by atoms with E-state index >= 15 is 0 Å². The molecular weight excluding hydrogens is 222 g/mol. The van der Waals surface area contributed by atoms with E-state index in [-0.39, 0.29) is 24.3 Å². The fraction of sp³-hybridized carbons (Fsp3) is 0.417. The smallest absolute Gasteiger partial charge is 0.319 e. The number of nitrogens with one attached hydrogen (secondary N) is 1. The van der Waals surface area contributed by atoms with E-state index in [1.807, 2.05) is 6.92 Å². The predicted octanol–water partition coefficient (Wildman–Crippen LogP) is 1.22. The summed E-state index contributed by atoms with van der Waals surface area (Å²) in [4.78, 5) is 11.0. The number of methoxy groups -OCH3 is 2. The lowest BCUT2D eigenvalue weighted by molar-refractivity contribution is -0.139. The van der Waals surface area contributed by atoms with Crippen LogP contribution in [0.3, 0.4) is 0 Å². The lowest BCUT2D eigenvalue weighted by Gasteiger charge is -2.15. The van der Waals surface area contributed by atoms with Crippen LogP contribution in [0.1, 0.15) is 18.5 Å². The third-order valence-electron chi connectivity index (χ3n) is 2.48. The van der Waals surface area contributed by atoms with Crippen molar-refractivity contribution in [1.82, 2.24) is 5.32 Å². The average molecular weight is 239 g/mol. The third-order valence-corrected chi connectivity index (χ3v) is 2.48. The molecule has 0 aromatic heterocycles. The van der Waals surface area contributed by atoms with Gasteiger partial charge in [0.2, 0.25) is 0 Å². The van der Waals surface area contributed by atoms with Crippen molar-refractivity contribution in [2.75, 3.05) is 20.8 Å². The van der Waals surface area contributed by atoms with Gasteiger partial charge in [-0.15, -0.1) is 0 Å². The van der Waals surface area contributed by atoms with E-state index in [0.717, 1.165) is 0 Å². The van der Waals surface area contributed by atoms with E-state index in [2.05, 4.69) is 10.1 Å². The Morgan fingerprint density at radius 3 is 2.76 bits per heavy atom. The molecular formula is C12H17NO4. The number of hydrogen-bond acceptors (Lipinski definition) is 5. The summed E-state index contributed by atoms with van der Waals surface area (Å²) in [7, 11) is 2.89. The molecule has 0 saturated heterocycles. The van der Waals surface area contributed by atoms with Crippen molar-refractivity contribution >= 4 is 5.97 Å². The highest BCUT2D eigenvalue weighted by Gasteiger charge is 2.12. The molecule has 1 atom stereocenters. The third kappa shape index (κ3) is 3.64. The minimum atomic E-state index is -0.348. The van der Waals surface area contributed by atoms with Crippen molar-refractivity contribution in [1.29, 1.82) is 0 Å². The Kier molecular flexibility index (Phi) is 4.78. The Hall–Kier alpha value is -1.75. The Labute approximate surface area is 100 Å². The summed E-state index contributed by atoms with van der Waals surface area (Å²) in [6, 6.07) is 4.78. The van der Waals surface area contributed by atoms with E-state index in [4.69, 9.17) is 4.74 Å². The Morgan fingerprint density at radius 1 is 1.47 bits per heavy atom. The van der Waals surface area contributed by atoms with E-state index in [0.29, 0.717) is 11.3 Å². The van der Waals surface area contributed by atoms with Gasteiger partial charge in [-0.3, -0.25) is 4.79 Å². The Balaban J connectivity index is 2.73. The van der Waals surface area contributed by atoms with Gasteiger partial charge in [-0.25, -0.2) is 0 Å². The van der Waals surface area contributed by atoms with Crippen LogP contribution in [-0.4, -0.2) is 31.8 Å². The zero-order valence-corrected chi connectivity index (χ0v) is 10.2. The van der Waals surface area contributed by atoms with Gasteiger partial charge in [0.1, 0.15) is 11.5 Å². The number of carbonyl (C=O) groups excluding carboxylic acids is 1. The lowest BCUT2D eigenvalue weighted by atomic mass is 10.1. The molecule has 2 N–H and O–H groups in total. The summed E-state index contributed by atoms with van der Waals surface area (Å²) in [6.45, 7) is 1.94. The van der Waals surface area contributed by atoms with Crippen molar-refractivity contribution in [3.05, 3.63) is 23.8 Å². The minimum Gasteiger partial charge on any atom is -0.508 e. The topological polar surface area (TPSA) is 67.8 Å². The SMILES string of the molecule is COC(=O)CNC(C)c1cc(OC)ccc1O. The summed E-state index contributed by atoms with van der Waals surface area (Å²) in [5, 5.41) is 12.7. The van der Waals surface area contributed by atoms with Crippen LogP contribution in [0, 0.1) is 0 Å². The van der Waals surface area contributed by atoms with E-state index < -0.39 is 0 Å². The van der Waals surface area contributed by atoms with Gasteiger partial charge in [0, 0.05) is 11.6 Å². The summed E-state index contributed by atoms with van der Waals surface area (Å²) in [5.41, 5.74) is 0.674. The second-order valence-corrected chi connectivity index (χ2v) is 3.60. The van der Waals surface area contributed by atoms with Crippen LogP contribution in [0.5, 0.6) is 11.5 Å². The first-order valence-corrected chi connectivity index (χ1v) is 5.25. The van der Waals surface area contributed by atoms with Crippen LogP contribution in [0.25, 0.3) is 0 Å². The molecule has 94 valence electrons. The number of aromatic hydroxyl groups is 1. The first-order valence-electron chi connectivity index (χ1n) is 5.25. The Bertz CT molecular complexity index is 392. The molecule has 0 aliphatic carbocycles. The molecule has 1 unspecified atom stereocenters. The second kappa shape index (κ2) is 6.10. The van der Waals surface area contributed by atoms with Gasteiger partial charge < -0.3 is 19.9 Å². The number of phenolic OH excluding ortho intramolecular Hbond substituents is 1. The zero-order valence-electron chi connectivity index (χ0n) is 10.2. The normalized spacial score (nSPS) is 11.9. The van der Waals surface area contributed by atoms with Crippen molar-refractivity contribution in [2.24, 2.45) is 0 Å². The van der Waals surface area contributed by atoms with Gasteiger partial charge in [0.15, 0.2) is 0 Å². The fourth-order valence-electron chi connectivity index (χ4n) is 1.42. The molecule has 0 bridgehead atoms. The minimum absolute atomic E-state index is 0.0916. The van der Waals surface area contributed by atoms with Crippen LogP contribution in [0.15, 0.2) is 18.2 Å². The summed E-state index contributed by atoms with van der Waals surface area (Å²) < 4.78 is 9.60. The first-order chi connectivity index (χ1) is 8.08. The highest BCUT2D eigenvalue weighted by Crippen LogP contribution is 2.27. The monoisotopic (exact) mass is 239 g/mol. The molecule has 1 rings (SSSR count). The van der Waals surface area contributed by atoms with Gasteiger partial charge in [-0.1, -0.05) is 0 Å². The highest BCUT2D eigenvalue weighted by atomic mass is 16.5. The fourth-order valence-corrected chi connectivity index (χ4v) is 1.42. The maximum atomic E-state index is 11.0. The quantitative estimate of drug-likeness (QED) is 0.756. The lowest BCUT2D eigenvalue weighted by Crippen LogP contribution is -2.26. The van der Waals surface area contributed by atoms with Crippen molar-refractivity contribution < 1.29 is 19.4 Å². The van der Waals surface area contributed by atoms with Gasteiger partial charge in [0.05, 0.1) is 20.8 Å². The highest BCUT2D eigenvalue weighted by molar-refractivity contribution is 5.71. The number of esters is 1. The molecule has 5 heteroatoms. The first kappa shape index (κ1) is 13.3. The summed E-state index contributed by atoms with van der Waals surface area (Å²) >= 11 is 0. The number of benzene rings is 1. The standard InChI is InChI=1S/C12H17NO4/c1-8(13-7-12(15)17-3)10-6-9(16-2)4-5-11(10)14/h4-6,8,13-14H,7H2,1-3H3. The van der Waals surface area contributed by atoms with Crippen LogP contribution >= 0.6 is 0 Å². The number of hydrogen-bond donors (Lipinski definition) is 2. The predicted molar refractivity (Wildman–Crippen MR) is 63.1 cm³/mol. The van der Waals surface area contributed by atoms with Gasteiger partial charge in [-0.2, -0.15) is 0 Å². The zero-order chi connectivity index (χ0) is 12.8. The molecule has 1 aromatic carbocycles. The molecule has 1 aromatic rings. The van der Waals surface area contributed by atoms with Crippen LogP contribution < -0.4 is 10.1 Å². The van der Waals surface area contributed by atoms with E-state index in [9.17, 15) is 9.90 Å². The molecule has 0 fully saturated rings. The number of carbonyl (C=O) groups is 1. The second-order valence-electron chi connectivity index (χ2n) is 3.60. The van der Waals surface area contributed by atoms with Crippen molar-refractivity contribution in [3.63, 3.8) is 0 Å². The number of rotatable bonds is 5. The van der Waals surface area contributed by atoms with Gasteiger partial charge >= 0.3 is 5.97 Å². The average Bonchev–Trinajstić information content (AvgIpc) is 2.36. The molecule has 5 nitrogen and oxygen atoms in total. The van der Waals surface area contributed by atoms with Crippen LogP contribution in [-0.2, 0) is 9.53 Å². The van der Waals surface area contributed by atoms with Crippen LogP contribution in [0.2, 0.25) is 0 Å². The van der Waals surface area contributed by atoms with E-state index in [1.165, 1.54) is 7.11 Å². The van der Waals surface area contributed by atoms with Gasteiger partial charge in [0.25, 0.3) is 0 Å². The molecule has 0 heterocycles. The van der Waals surface area contributed by atoms with E-state index in [1.54, 1.807) is 25.3 Å². The molecule has 0 saturated carbocycles.